The number of amides is 1. The van der Waals surface area contributed by atoms with Crippen molar-refractivity contribution in [3.05, 3.63) is 41.2 Å². The Kier molecular flexibility index (Phi) is 4.68. The van der Waals surface area contributed by atoms with Gasteiger partial charge in [0.1, 0.15) is 5.75 Å². The van der Waals surface area contributed by atoms with Gasteiger partial charge in [0.15, 0.2) is 11.5 Å². The van der Waals surface area contributed by atoms with Gasteiger partial charge in [-0.3, -0.25) is 9.59 Å². The van der Waals surface area contributed by atoms with Crippen molar-refractivity contribution in [2.75, 3.05) is 13.7 Å². The summed E-state index contributed by atoms with van der Waals surface area (Å²) in [6.45, 7) is 1.07. The maximum atomic E-state index is 12.2. The number of ketones is 1. The van der Waals surface area contributed by atoms with Crippen LogP contribution in [0.15, 0.2) is 35.6 Å². The van der Waals surface area contributed by atoms with E-state index in [1.54, 1.807) is 24.3 Å². The van der Waals surface area contributed by atoms with Crippen molar-refractivity contribution in [2.45, 2.75) is 19.4 Å². The van der Waals surface area contributed by atoms with E-state index in [0.717, 1.165) is 4.90 Å². The van der Waals surface area contributed by atoms with E-state index in [-0.39, 0.29) is 12.1 Å². The average Bonchev–Trinajstić information content (AvgIpc) is 2.77. The molecule has 7 nitrogen and oxygen atoms in total. The highest BCUT2D eigenvalue weighted by Gasteiger charge is 2.42. The maximum Gasteiger partial charge on any atom is 0.290 e. The fourth-order valence-electron chi connectivity index (χ4n) is 2.61. The monoisotopic (exact) mass is 318 g/mol. The minimum atomic E-state index is -1.32. The van der Waals surface area contributed by atoms with E-state index in [2.05, 4.69) is 0 Å². The summed E-state index contributed by atoms with van der Waals surface area (Å²) in [5.74, 6) is -2.69. The van der Waals surface area contributed by atoms with Crippen molar-refractivity contribution in [3.63, 3.8) is 0 Å². The zero-order valence-corrected chi connectivity index (χ0v) is 12.7. The van der Waals surface area contributed by atoms with E-state index >= 15 is 0 Å². The van der Waals surface area contributed by atoms with Crippen LogP contribution in [0.2, 0.25) is 0 Å². The normalized spacial score (nSPS) is 17.6. The largest absolute Gasteiger partial charge is 0.550 e. The van der Waals surface area contributed by atoms with Gasteiger partial charge < -0.3 is 24.6 Å². The number of carboxylic acids is 1. The third-order valence-corrected chi connectivity index (χ3v) is 3.65. The van der Waals surface area contributed by atoms with Crippen LogP contribution in [0.4, 0.5) is 0 Å². The Morgan fingerprint density at radius 3 is 2.65 bits per heavy atom. The van der Waals surface area contributed by atoms with Gasteiger partial charge in [-0.15, -0.1) is 0 Å². The zero-order chi connectivity index (χ0) is 17.1. The minimum Gasteiger partial charge on any atom is -0.550 e. The predicted octanol–water partition coefficient (Wildman–Crippen LogP) is 0.120. The van der Waals surface area contributed by atoms with Crippen molar-refractivity contribution < 1.29 is 29.3 Å². The Labute approximate surface area is 132 Å². The van der Waals surface area contributed by atoms with E-state index in [1.807, 2.05) is 0 Å². The van der Waals surface area contributed by atoms with Gasteiger partial charge in [-0.25, -0.2) is 0 Å². The quantitative estimate of drug-likeness (QED) is 0.798. The molecule has 1 amide bonds. The number of Topliss-reactive ketones (excluding diaryl/α,β-unsaturated/α-hetero) is 1. The summed E-state index contributed by atoms with van der Waals surface area (Å²) in [7, 11) is 1.48. The Hall–Kier alpha value is -2.83. The highest BCUT2D eigenvalue weighted by Crippen LogP contribution is 2.38. The summed E-state index contributed by atoms with van der Waals surface area (Å²) in [6.07, 6.45) is -0.398. The molecule has 1 atom stereocenters. The Bertz CT molecular complexity index is 694. The van der Waals surface area contributed by atoms with Gasteiger partial charge in [0, 0.05) is 18.9 Å². The third kappa shape index (κ3) is 3.18. The van der Waals surface area contributed by atoms with E-state index in [9.17, 15) is 24.6 Å². The van der Waals surface area contributed by atoms with Crippen molar-refractivity contribution >= 4 is 17.7 Å². The van der Waals surface area contributed by atoms with Crippen LogP contribution in [0.3, 0.4) is 0 Å². The lowest BCUT2D eigenvalue weighted by molar-refractivity contribution is -0.305. The number of nitrogens with zero attached hydrogens (tertiary/aromatic N) is 1. The van der Waals surface area contributed by atoms with Gasteiger partial charge in [-0.05, 0) is 24.6 Å². The molecule has 1 aromatic carbocycles. The minimum absolute atomic E-state index is 0.0541. The summed E-state index contributed by atoms with van der Waals surface area (Å²) < 4.78 is 5.13. The van der Waals surface area contributed by atoms with Gasteiger partial charge in [-0.1, -0.05) is 12.1 Å². The van der Waals surface area contributed by atoms with Crippen LogP contribution in [0.5, 0.6) is 5.75 Å². The van der Waals surface area contributed by atoms with Crippen LogP contribution < -0.4 is 9.84 Å². The number of aliphatic carboxylic acids is 1. The molecule has 0 aliphatic carbocycles. The number of methoxy groups -OCH3 is 1. The molecule has 23 heavy (non-hydrogen) atoms. The SMILES string of the molecule is COc1cccc(C2C(C(C)=O)=C(O)C(=O)N2CCC(=O)[O-])c1. The molecule has 0 spiro atoms. The molecule has 1 heterocycles. The predicted molar refractivity (Wildman–Crippen MR) is 77.4 cm³/mol. The Morgan fingerprint density at radius 2 is 2.09 bits per heavy atom. The van der Waals surface area contributed by atoms with Crippen LogP contribution >= 0.6 is 0 Å². The van der Waals surface area contributed by atoms with E-state index < -0.39 is 35.9 Å². The third-order valence-electron chi connectivity index (χ3n) is 3.65. The summed E-state index contributed by atoms with van der Waals surface area (Å²) in [5.41, 5.74) is 0.492. The van der Waals surface area contributed by atoms with Crippen LogP contribution in [0.25, 0.3) is 0 Å². The first-order valence-corrected chi connectivity index (χ1v) is 6.95. The van der Waals surface area contributed by atoms with Crippen molar-refractivity contribution in [2.24, 2.45) is 0 Å². The summed E-state index contributed by atoms with van der Waals surface area (Å²) in [6, 6.07) is 5.83. The molecule has 2 rings (SSSR count). The number of aliphatic hydroxyl groups is 1. The highest BCUT2D eigenvalue weighted by atomic mass is 16.5. The topological polar surface area (TPSA) is 107 Å². The van der Waals surface area contributed by atoms with E-state index in [0.29, 0.717) is 11.3 Å². The van der Waals surface area contributed by atoms with Gasteiger partial charge in [0.25, 0.3) is 5.91 Å². The molecule has 1 aromatic rings. The van der Waals surface area contributed by atoms with Crippen LogP contribution in [-0.2, 0) is 14.4 Å². The second-order valence-corrected chi connectivity index (χ2v) is 5.12. The van der Waals surface area contributed by atoms with Gasteiger partial charge in [0.05, 0.1) is 18.7 Å². The number of rotatable bonds is 6. The number of hydrogen-bond acceptors (Lipinski definition) is 6. The molecular formula is C16H16NO6-. The fraction of sp³-hybridized carbons (Fsp3) is 0.312. The fourth-order valence-corrected chi connectivity index (χ4v) is 2.61. The molecule has 0 fully saturated rings. The molecule has 0 saturated heterocycles. The summed E-state index contributed by atoms with van der Waals surface area (Å²) in [4.78, 5) is 35.9. The molecule has 0 aromatic heterocycles. The molecule has 1 aliphatic rings. The number of aliphatic hydroxyl groups excluding tert-OH is 1. The smallest absolute Gasteiger partial charge is 0.290 e. The first kappa shape index (κ1) is 16.5. The van der Waals surface area contributed by atoms with Gasteiger partial charge in [-0.2, -0.15) is 0 Å². The van der Waals surface area contributed by atoms with Crippen molar-refractivity contribution in [1.82, 2.24) is 4.90 Å². The Balaban J connectivity index is 2.48. The highest BCUT2D eigenvalue weighted by molar-refractivity contribution is 6.08. The molecule has 1 N–H and O–H groups in total. The van der Waals surface area contributed by atoms with Crippen LogP contribution in [0, 0.1) is 0 Å². The van der Waals surface area contributed by atoms with Gasteiger partial charge in [0.2, 0.25) is 0 Å². The maximum absolute atomic E-state index is 12.2. The molecule has 122 valence electrons. The number of carbonyl (C=O) groups excluding carboxylic acids is 3. The first-order valence-electron chi connectivity index (χ1n) is 6.95. The summed E-state index contributed by atoms with van der Waals surface area (Å²) in [5, 5.41) is 20.7. The molecule has 0 bridgehead atoms. The lowest BCUT2D eigenvalue weighted by Gasteiger charge is -2.27. The second-order valence-electron chi connectivity index (χ2n) is 5.12. The molecular weight excluding hydrogens is 302 g/mol. The number of carboxylic acid groups (broad SMARTS) is 1. The molecule has 7 heteroatoms. The number of carbonyl (C=O) groups is 3. The lowest BCUT2D eigenvalue weighted by atomic mass is 9.96. The number of ether oxygens (including phenoxy) is 1. The molecule has 0 saturated carbocycles. The number of benzene rings is 1. The molecule has 1 aliphatic heterocycles. The summed E-state index contributed by atoms with van der Waals surface area (Å²) >= 11 is 0. The lowest BCUT2D eigenvalue weighted by Crippen LogP contribution is -2.35. The second kappa shape index (κ2) is 6.51. The van der Waals surface area contributed by atoms with E-state index in [4.69, 9.17) is 4.74 Å². The molecule has 1 unspecified atom stereocenters. The molecule has 0 radical (unpaired) electrons. The first-order chi connectivity index (χ1) is 10.9. The average molecular weight is 318 g/mol. The zero-order valence-electron chi connectivity index (χ0n) is 12.7. The van der Waals surface area contributed by atoms with Crippen molar-refractivity contribution in [3.8, 4) is 5.75 Å². The van der Waals surface area contributed by atoms with Gasteiger partial charge >= 0.3 is 0 Å². The van der Waals surface area contributed by atoms with Crippen molar-refractivity contribution in [1.29, 1.82) is 0 Å². The Morgan fingerprint density at radius 1 is 1.39 bits per heavy atom. The van der Waals surface area contributed by atoms with Crippen LogP contribution in [0.1, 0.15) is 24.9 Å². The standard InChI is InChI=1S/C16H17NO6/c1-9(18)13-14(10-4-3-5-11(8-10)23-2)17(7-6-12(19)20)16(22)15(13)21/h3-5,8,14,21H,6-7H2,1-2H3,(H,19,20)/p-1. The van der Waals surface area contributed by atoms with E-state index in [1.165, 1.54) is 14.0 Å². The van der Waals surface area contributed by atoms with Crippen LogP contribution in [-0.4, -0.2) is 41.3 Å². The number of hydrogen-bond donors (Lipinski definition) is 1.